The first-order valence-electron chi connectivity index (χ1n) is 17.5. The third-order valence-corrected chi connectivity index (χ3v) is 8.59. The van der Waals surface area contributed by atoms with Crippen molar-refractivity contribution in [1.82, 2.24) is 0 Å². The van der Waals surface area contributed by atoms with E-state index in [1.165, 1.54) is 141 Å². The monoisotopic (exact) mass is 630 g/mol. The molecule has 0 unspecified atom stereocenters. The number of esters is 2. The maximum Gasteiger partial charge on any atom is 0.306 e. The van der Waals surface area contributed by atoms with E-state index in [0.717, 1.165) is 25.7 Å². The summed E-state index contributed by atoms with van der Waals surface area (Å²) in [4.78, 5) is 24.3. The van der Waals surface area contributed by atoms with E-state index in [2.05, 4.69) is 29.8 Å². The number of ether oxygens (including phenoxy) is 2. The first-order chi connectivity index (χ1) is 19.6. The molecule has 4 nitrogen and oxygen atoms in total. The molecule has 0 saturated heterocycles. The molecule has 1 atom stereocenters. The van der Waals surface area contributed by atoms with Crippen LogP contribution in [-0.4, -0.2) is 30.0 Å². The van der Waals surface area contributed by atoms with Crippen molar-refractivity contribution in [3.05, 3.63) is 0 Å². The van der Waals surface area contributed by atoms with Crippen molar-refractivity contribution < 1.29 is 19.1 Å². The lowest BCUT2D eigenvalue weighted by Gasteiger charge is -2.15. The van der Waals surface area contributed by atoms with Crippen LogP contribution in [0.5, 0.6) is 0 Å². The van der Waals surface area contributed by atoms with E-state index >= 15 is 0 Å². The van der Waals surface area contributed by atoms with Crippen molar-refractivity contribution in [1.29, 1.82) is 0 Å². The van der Waals surface area contributed by atoms with Gasteiger partial charge in [0.1, 0.15) is 12.7 Å². The van der Waals surface area contributed by atoms with Gasteiger partial charge in [-0.1, -0.05) is 184 Å². The summed E-state index contributed by atoms with van der Waals surface area (Å²) in [5, 5.41) is 0.489. The highest BCUT2D eigenvalue weighted by Gasteiger charge is 2.15. The van der Waals surface area contributed by atoms with Crippen LogP contribution < -0.4 is 0 Å². The van der Waals surface area contributed by atoms with Crippen LogP contribution in [0.4, 0.5) is 0 Å². The van der Waals surface area contributed by atoms with Crippen molar-refractivity contribution in [3.63, 3.8) is 0 Å². The molecule has 0 fully saturated rings. The summed E-state index contributed by atoms with van der Waals surface area (Å²) in [6, 6.07) is 0. The zero-order valence-corrected chi connectivity index (χ0v) is 28.4. The van der Waals surface area contributed by atoms with E-state index in [9.17, 15) is 9.59 Å². The third kappa shape index (κ3) is 30.4. The van der Waals surface area contributed by atoms with Crippen molar-refractivity contribution in [2.75, 3.05) is 11.9 Å². The second-order valence-corrected chi connectivity index (χ2v) is 12.6. The summed E-state index contributed by atoms with van der Waals surface area (Å²) in [5.74, 6) is -0.360. The Morgan fingerprint density at radius 3 is 1.10 bits per heavy atom. The smallest absolute Gasteiger partial charge is 0.306 e. The fourth-order valence-electron chi connectivity index (χ4n) is 5.19. The Bertz CT molecular complexity index is 539. The Balaban J connectivity index is 3.53. The van der Waals surface area contributed by atoms with Gasteiger partial charge in [0, 0.05) is 18.2 Å². The average molecular weight is 632 g/mol. The van der Waals surface area contributed by atoms with E-state index in [4.69, 9.17) is 9.47 Å². The molecular formula is C35H67BrO4. The van der Waals surface area contributed by atoms with Crippen LogP contribution >= 0.6 is 15.9 Å². The molecular weight excluding hydrogens is 564 g/mol. The molecule has 0 aromatic carbocycles. The predicted molar refractivity (Wildman–Crippen MR) is 175 cm³/mol. The van der Waals surface area contributed by atoms with E-state index < -0.39 is 6.10 Å². The Morgan fingerprint density at radius 2 is 0.775 bits per heavy atom. The molecule has 0 rings (SSSR count). The molecule has 0 amide bonds. The highest BCUT2D eigenvalue weighted by atomic mass is 79.9. The average Bonchev–Trinajstić information content (AvgIpc) is 2.96. The van der Waals surface area contributed by atoms with Crippen LogP contribution in [0.25, 0.3) is 0 Å². The SMILES string of the molecule is CCCCCCCCCCCCCCCC(=O)OC[C@H](CBr)OC(=O)CCCCCCCCCCCCCCC. The molecule has 40 heavy (non-hydrogen) atoms. The molecule has 0 aliphatic rings. The van der Waals surface area contributed by atoms with E-state index in [1.807, 2.05) is 0 Å². The Morgan fingerprint density at radius 1 is 0.475 bits per heavy atom. The van der Waals surface area contributed by atoms with Gasteiger partial charge in [0.15, 0.2) is 0 Å². The van der Waals surface area contributed by atoms with Gasteiger partial charge < -0.3 is 9.47 Å². The number of rotatable bonds is 32. The lowest BCUT2D eigenvalue weighted by Crippen LogP contribution is -2.26. The lowest BCUT2D eigenvalue weighted by atomic mass is 10.0. The van der Waals surface area contributed by atoms with Gasteiger partial charge in [0.2, 0.25) is 0 Å². The molecule has 0 aromatic rings. The standard InChI is InChI=1S/C35H67BrO4/c1-3-5-7-9-11-13-15-17-19-21-23-25-27-29-34(37)39-32-33(31-36)40-35(38)30-28-26-24-22-20-18-16-14-12-10-8-6-4-2/h33H,3-32H2,1-2H3/t33-/m0/s1. The Labute approximate surface area is 258 Å². The van der Waals surface area contributed by atoms with Crippen LogP contribution in [0.3, 0.4) is 0 Å². The molecule has 0 N–H and O–H groups in total. The number of carbonyl (C=O) groups excluding carboxylic acids is 2. The normalized spacial score (nSPS) is 12.0. The van der Waals surface area contributed by atoms with Gasteiger partial charge in [0.25, 0.3) is 0 Å². The van der Waals surface area contributed by atoms with Crippen molar-refractivity contribution >= 4 is 27.9 Å². The molecule has 0 aliphatic heterocycles. The number of halogens is 1. The van der Waals surface area contributed by atoms with Gasteiger partial charge in [-0.25, -0.2) is 0 Å². The maximum absolute atomic E-state index is 12.2. The molecule has 0 saturated carbocycles. The number of carbonyl (C=O) groups is 2. The molecule has 5 heteroatoms. The molecule has 0 aromatic heterocycles. The summed E-state index contributed by atoms with van der Waals surface area (Å²) in [7, 11) is 0. The predicted octanol–water partition coefficient (Wildman–Crippen LogP) is 11.8. The van der Waals surface area contributed by atoms with Gasteiger partial charge in [0.05, 0.1) is 0 Å². The second kappa shape index (κ2) is 32.9. The van der Waals surface area contributed by atoms with Gasteiger partial charge >= 0.3 is 11.9 Å². The minimum atomic E-state index is -0.398. The molecule has 0 spiro atoms. The molecule has 0 radical (unpaired) electrons. The quantitative estimate of drug-likeness (QED) is 0.0421. The molecule has 0 aliphatic carbocycles. The highest BCUT2D eigenvalue weighted by Crippen LogP contribution is 2.15. The molecule has 0 heterocycles. The van der Waals surface area contributed by atoms with Gasteiger partial charge in [-0.2, -0.15) is 0 Å². The summed E-state index contributed by atoms with van der Waals surface area (Å²) >= 11 is 3.39. The van der Waals surface area contributed by atoms with Crippen LogP contribution in [0.15, 0.2) is 0 Å². The van der Waals surface area contributed by atoms with E-state index in [0.29, 0.717) is 18.2 Å². The first-order valence-corrected chi connectivity index (χ1v) is 18.7. The number of unbranched alkanes of at least 4 members (excludes halogenated alkanes) is 24. The minimum absolute atomic E-state index is 0.146. The van der Waals surface area contributed by atoms with Crippen LogP contribution in [-0.2, 0) is 19.1 Å². The topological polar surface area (TPSA) is 52.6 Å². The zero-order valence-electron chi connectivity index (χ0n) is 26.8. The Kier molecular flexibility index (Phi) is 32.5. The number of hydrogen-bond acceptors (Lipinski definition) is 4. The second-order valence-electron chi connectivity index (χ2n) is 11.9. The lowest BCUT2D eigenvalue weighted by molar-refractivity contribution is -0.157. The van der Waals surface area contributed by atoms with Crippen LogP contribution in [0.2, 0.25) is 0 Å². The van der Waals surface area contributed by atoms with Gasteiger partial charge in [-0.05, 0) is 12.8 Å². The largest absolute Gasteiger partial charge is 0.462 e. The number of hydrogen-bond donors (Lipinski definition) is 0. The minimum Gasteiger partial charge on any atom is -0.462 e. The van der Waals surface area contributed by atoms with E-state index in [-0.39, 0.29) is 18.5 Å². The summed E-state index contributed by atoms with van der Waals surface area (Å²) < 4.78 is 10.9. The van der Waals surface area contributed by atoms with Crippen LogP contribution in [0.1, 0.15) is 194 Å². The van der Waals surface area contributed by atoms with Gasteiger partial charge in [-0.15, -0.1) is 0 Å². The maximum atomic E-state index is 12.2. The fraction of sp³-hybridized carbons (Fsp3) is 0.943. The Hall–Kier alpha value is -0.580. The van der Waals surface area contributed by atoms with Crippen LogP contribution in [0, 0.1) is 0 Å². The highest BCUT2D eigenvalue weighted by molar-refractivity contribution is 9.09. The van der Waals surface area contributed by atoms with Crippen molar-refractivity contribution in [2.45, 2.75) is 200 Å². The summed E-state index contributed by atoms with van der Waals surface area (Å²) in [5.41, 5.74) is 0. The molecule has 0 bridgehead atoms. The van der Waals surface area contributed by atoms with Crippen molar-refractivity contribution in [2.24, 2.45) is 0 Å². The van der Waals surface area contributed by atoms with E-state index in [1.54, 1.807) is 0 Å². The first kappa shape index (κ1) is 39.4. The molecule has 238 valence electrons. The van der Waals surface area contributed by atoms with Crippen molar-refractivity contribution in [3.8, 4) is 0 Å². The number of alkyl halides is 1. The third-order valence-electron chi connectivity index (χ3n) is 7.87. The fourth-order valence-corrected chi connectivity index (χ4v) is 5.51. The summed E-state index contributed by atoms with van der Waals surface area (Å²) in [6.45, 7) is 4.68. The zero-order chi connectivity index (χ0) is 29.4. The summed E-state index contributed by atoms with van der Waals surface area (Å²) in [6.07, 6.45) is 34.1. The van der Waals surface area contributed by atoms with Gasteiger partial charge in [-0.3, -0.25) is 9.59 Å².